The lowest BCUT2D eigenvalue weighted by atomic mass is 9.58. The van der Waals surface area contributed by atoms with Crippen LogP contribution in [0, 0.1) is 11.8 Å². The zero-order valence-corrected chi connectivity index (χ0v) is 25.8. The van der Waals surface area contributed by atoms with E-state index in [1.54, 1.807) is 28.4 Å². The number of ether oxygens (including phenoxy) is 4. The molecule has 1 fully saturated rings. The van der Waals surface area contributed by atoms with Crippen molar-refractivity contribution in [2.75, 3.05) is 54.6 Å². The van der Waals surface area contributed by atoms with Crippen LogP contribution in [0.15, 0.2) is 24.3 Å². The predicted octanol–water partition coefficient (Wildman–Crippen LogP) is 5.81. The van der Waals surface area contributed by atoms with Crippen molar-refractivity contribution in [2.45, 2.75) is 70.4 Å². The molecule has 3 aliphatic rings. The van der Waals surface area contributed by atoms with Crippen molar-refractivity contribution in [2.24, 2.45) is 11.8 Å². The second kappa shape index (κ2) is 12.6. The highest BCUT2D eigenvalue weighted by Gasteiger charge is 2.55. The summed E-state index contributed by atoms with van der Waals surface area (Å²) in [4.78, 5) is 17.8. The summed E-state index contributed by atoms with van der Waals surface area (Å²) >= 11 is 0. The van der Waals surface area contributed by atoms with E-state index in [9.17, 15) is 4.79 Å². The fourth-order valence-corrected chi connectivity index (χ4v) is 8.14. The Balaban J connectivity index is 1.76. The standard InChI is InChI=1S/C34H48N2O5/c1-7-9-14-36-16-12-25-19-30(39-4)32(41-6)21-27(25)34(36)13-10-23(22-37)17-28(34)33-26-20-31(40-5)29(38-3)18-24(26)11-15-35(33)8-2/h18-23,28,33H,7-17H2,1-6H3. The first-order valence-electron chi connectivity index (χ1n) is 15.4. The van der Waals surface area contributed by atoms with Gasteiger partial charge in [-0.15, -0.1) is 0 Å². The van der Waals surface area contributed by atoms with Gasteiger partial charge in [0.15, 0.2) is 23.0 Å². The summed E-state index contributed by atoms with van der Waals surface area (Å²) in [7, 11) is 6.87. The lowest BCUT2D eigenvalue weighted by Crippen LogP contribution is -2.61. The van der Waals surface area contributed by atoms with E-state index in [-0.39, 0.29) is 23.4 Å². The van der Waals surface area contributed by atoms with Gasteiger partial charge in [0.25, 0.3) is 0 Å². The molecule has 0 radical (unpaired) electrons. The maximum atomic E-state index is 12.4. The smallest absolute Gasteiger partial charge is 0.161 e. The van der Waals surface area contributed by atoms with Crippen LogP contribution in [0.1, 0.15) is 74.2 Å². The molecule has 4 unspecified atom stereocenters. The molecule has 7 heteroatoms. The molecule has 1 saturated carbocycles. The zero-order valence-electron chi connectivity index (χ0n) is 25.8. The number of unbranched alkanes of at least 4 members (excludes halogenated alkanes) is 1. The molecule has 4 atom stereocenters. The highest BCUT2D eigenvalue weighted by atomic mass is 16.5. The van der Waals surface area contributed by atoms with E-state index in [0.717, 1.165) is 94.1 Å². The minimum atomic E-state index is -0.221. The number of carbonyl (C=O) groups is 1. The van der Waals surface area contributed by atoms with Crippen LogP contribution < -0.4 is 18.9 Å². The molecule has 0 saturated heterocycles. The SMILES string of the molecule is CCCCN1CCc2cc(OC)c(OC)cc2C12CCC(C=O)CC2C1c2cc(OC)c(OC)cc2CCN1CC. The largest absolute Gasteiger partial charge is 0.493 e. The van der Waals surface area contributed by atoms with Gasteiger partial charge < -0.3 is 23.7 Å². The summed E-state index contributed by atoms with van der Waals surface area (Å²) in [6.07, 6.45) is 8.16. The molecule has 224 valence electrons. The van der Waals surface area contributed by atoms with Crippen molar-refractivity contribution < 1.29 is 23.7 Å². The molecule has 2 aliphatic heterocycles. The number of rotatable bonds is 10. The summed E-state index contributed by atoms with van der Waals surface area (Å²) in [6.45, 7) is 8.52. The van der Waals surface area contributed by atoms with Gasteiger partial charge in [-0.25, -0.2) is 0 Å². The second-order valence-electron chi connectivity index (χ2n) is 11.9. The first-order chi connectivity index (χ1) is 20.0. The van der Waals surface area contributed by atoms with Crippen LogP contribution in [0.25, 0.3) is 0 Å². The maximum Gasteiger partial charge on any atom is 0.161 e. The van der Waals surface area contributed by atoms with Gasteiger partial charge in [0.1, 0.15) is 6.29 Å². The van der Waals surface area contributed by atoms with Crippen LogP contribution in [0.2, 0.25) is 0 Å². The fraction of sp³-hybridized carbons (Fsp3) is 0.618. The van der Waals surface area contributed by atoms with Gasteiger partial charge in [-0.1, -0.05) is 20.3 Å². The maximum absolute atomic E-state index is 12.4. The number of hydrogen-bond acceptors (Lipinski definition) is 7. The predicted molar refractivity (Wildman–Crippen MR) is 162 cm³/mol. The van der Waals surface area contributed by atoms with Crippen molar-refractivity contribution >= 4 is 6.29 Å². The Bertz CT molecular complexity index is 1230. The van der Waals surface area contributed by atoms with Crippen LogP contribution in [-0.4, -0.2) is 70.7 Å². The van der Waals surface area contributed by atoms with Crippen molar-refractivity contribution in [1.29, 1.82) is 0 Å². The minimum Gasteiger partial charge on any atom is -0.493 e. The number of likely N-dealkylation sites (N-methyl/N-ethyl adjacent to an activating group) is 1. The molecular weight excluding hydrogens is 516 g/mol. The number of hydrogen-bond donors (Lipinski definition) is 0. The van der Waals surface area contributed by atoms with E-state index in [1.165, 1.54) is 28.5 Å². The Kier molecular flexibility index (Phi) is 9.15. The van der Waals surface area contributed by atoms with Gasteiger partial charge in [-0.2, -0.15) is 0 Å². The summed E-state index contributed by atoms with van der Waals surface area (Å²) in [5, 5.41) is 0. The quantitative estimate of drug-likeness (QED) is 0.338. The van der Waals surface area contributed by atoms with Crippen molar-refractivity contribution in [1.82, 2.24) is 9.80 Å². The third-order valence-corrected chi connectivity index (χ3v) is 10.1. The molecular formula is C34H48N2O5. The van der Waals surface area contributed by atoms with E-state index in [1.807, 2.05) is 0 Å². The van der Waals surface area contributed by atoms with Crippen LogP contribution >= 0.6 is 0 Å². The van der Waals surface area contributed by atoms with Crippen LogP contribution in [-0.2, 0) is 23.2 Å². The molecule has 2 heterocycles. The van der Waals surface area contributed by atoms with Gasteiger partial charge in [0.2, 0.25) is 0 Å². The summed E-state index contributed by atoms with van der Waals surface area (Å²) in [6, 6.07) is 9.01. The molecule has 1 aliphatic carbocycles. The van der Waals surface area contributed by atoms with Crippen LogP contribution in [0.4, 0.5) is 0 Å². The highest BCUT2D eigenvalue weighted by Crippen LogP contribution is 2.58. The van der Waals surface area contributed by atoms with E-state index >= 15 is 0 Å². The summed E-state index contributed by atoms with van der Waals surface area (Å²) in [5.41, 5.74) is 5.12. The molecule has 0 N–H and O–H groups in total. The molecule has 41 heavy (non-hydrogen) atoms. The third-order valence-electron chi connectivity index (χ3n) is 10.1. The Hall–Kier alpha value is -2.77. The van der Waals surface area contributed by atoms with Gasteiger partial charge in [-0.3, -0.25) is 9.80 Å². The molecule has 2 aromatic carbocycles. The number of fused-ring (bicyclic) bond motifs is 3. The average Bonchev–Trinajstić information content (AvgIpc) is 3.02. The van der Waals surface area contributed by atoms with Gasteiger partial charge in [0, 0.05) is 31.0 Å². The van der Waals surface area contributed by atoms with Crippen LogP contribution in [0.3, 0.4) is 0 Å². The minimum absolute atomic E-state index is 0.0494. The lowest BCUT2D eigenvalue weighted by Gasteiger charge is -2.59. The molecule has 1 spiro atoms. The first kappa shape index (κ1) is 29.7. The molecule has 7 nitrogen and oxygen atoms in total. The zero-order chi connectivity index (χ0) is 29.1. The molecule has 0 aromatic heterocycles. The fourth-order valence-electron chi connectivity index (χ4n) is 8.14. The first-order valence-corrected chi connectivity index (χ1v) is 15.4. The van der Waals surface area contributed by atoms with Crippen molar-refractivity contribution in [3.8, 4) is 23.0 Å². The second-order valence-corrected chi connectivity index (χ2v) is 11.9. The van der Waals surface area contributed by atoms with Crippen molar-refractivity contribution in [3.05, 3.63) is 46.5 Å². The number of aldehydes is 1. The Morgan fingerprint density at radius 2 is 1.51 bits per heavy atom. The van der Waals surface area contributed by atoms with Crippen LogP contribution in [0.5, 0.6) is 23.0 Å². The van der Waals surface area contributed by atoms with E-state index < -0.39 is 0 Å². The number of benzene rings is 2. The monoisotopic (exact) mass is 564 g/mol. The normalized spacial score (nSPS) is 26.2. The third kappa shape index (κ3) is 5.10. The Morgan fingerprint density at radius 3 is 2.15 bits per heavy atom. The summed E-state index contributed by atoms with van der Waals surface area (Å²) in [5.74, 6) is 3.37. The number of nitrogens with zero attached hydrogens (tertiary/aromatic N) is 2. The Labute approximate surface area is 246 Å². The summed E-state index contributed by atoms with van der Waals surface area (Å²) < 4.78 is 23.2. The lowest BCUT2D eigenvalue weighted by molar-refractivity contribution is -0.118. The molecule has 0 amide bonds. The highest BCUT2D eigenvalue weighted by molar-refractivity contribution is 5.57. The van der Waals surface area contributed by atoms with E-state index in [4.69, 9.17) is 18.9 Å². The Morgan fingerprint density at radius 1 is 0.878 bits per heavy atom. The molecule has 2 aromatic rings. The van der Waals surface area contributed by atoms with E-state index in [2.05, 4.69) is 47.9 Å². The van der Waals surface area contributed by atoms with Crippen molar-refractivity contribution in [3.63, 3.8) is 0 Å². The average molecular weight is 565 g/mol. The number of carbonyl (C=O) groups excluding carboxylic acids is 1. The van der Waals surface area contributed by atoms with Gasteiger partial charge in [0.05, 0.1) is 34.0 Å². The molecule has 5 rings (SSSR count). The van der Waals surface area contributed by atoms with Gasteiger partial charge in [-0.05, 0) is 98.1 Å². The number of methoxy groups -OCH3 is 4. The van der Waals surface area contributed by atoms with Gasteiger partial charge >= 0.3 is 0 Å². The topological polar surface area (TPSA) is 60.5 Å². The molecule has 0 bridgehead atoms. The van der Waals surface area contributed by atoms with E-state index in [0.29, 0.717) is 0 Å².